The number of hydrogen-bond donors (Lipinski definition) is 1. The first-order valence-electron chi connectivity index (χ1n) is 8.79. The lowest BCUT2D eigenvalue weighted by atomic mass is 10.1. The van der Waals surface area contributed by atoms with E-state index in [0.717, 1.165) is 11.1 Å². The highest BCUT2D eigenvalue weighted by Crippen LogP contribution is 2.22. The first-order chi connectivity index (χ1) is 13.6. The van der Waals surface area contributed by atoms with E-state index in [-0.39, 0.29) is 5.91 Å². The molecule has 0 atom stereocenters. The zero-order chi connectivity index (χ0) is 19.5. The lowest BCUT2D eigenvalue weighted by molar-refractivity contribution is 0.102. The molecule has 7 heteroatoms. The van der Waals surface area contributed by atoms with E-state index in [1.807, 2.05) is 43.3 Å². The Labute approximate surface area is 161 Å². The summed E-state index contributed by atoms with van der Waals surface area (Å²) in [4.78, 5) is 21.0. The Morgan fingerprint density at radius 3 is 2.64 bits per heavy atom. The highest BCUT2D eigenvalue weighted by molar-refractivity contribution is 6.05. The predicted molar refractivity (Wildman–Crippen MR) is 103 cm³/mol. The predicted octanol–water partition coefficient (Wildman–Crippen LogP) is 4.18. The lowest BCUT2D eigenvalue weighted by Gasteiger charge is -2.09. The highest BCUT2D eigenvalue weighted by Gasteiger charge is 2.16. The molecule has 4 rings (SSSR count). The summed E-state index contributed by atoms with van der Waals surface area (Å²) in [6.07, 6.45) is 3.75. The van der Waals surface area contributed by atoms with Crippen LogP contribution in [0.25, 0.3) is 11.4 Å². The van der Waals surface area contributed by atoms with Gasteiger partial charge in [0.25, 0.3) is 5.91 Å². The third kappa shape index (κ3) is 3.68. The van der Waals surface area contributed by atoms with Crippen molar-refractivity contribution in [2.24, 2.45) is 0 Å². The van der Waals surface area contributed by atoms with Crippen LogP contribution in [0.2, 0.25) is 0 Å². The molecule has 140 valence electrons. The molecule has 28 heavy (non-hydrogen) atoms. The average molecular weight is 374 g/mol. The summed E-state index contributed by atoms with van der Waals surface area (Å²) in [6.45, 7) is 3.58. The van der Waals surface area contributed by atoms with Gasteiger partial charge in [-0.3, -0.25) is 9.78 Å². The van der Waals surface area contributed by atoms with Crippen molar-refractivity contribution in [3.05, 3.63) is 83.4 Å². The fraction of sp³-hybridized carbons (Fsp3) is 0.143. The van der Waals surface area contributed by atoms with Crippen LogP contribution in [0, 0.1) is 13.8 Å². The summed E-state index contributed by atoms with van der Waals surface area (Å²) in [6, 6.07) is 12.9. The number of nitrogens with one attached hydrogen (secondary N) is 1. The quantitative estimate of drug-likeness (QED) is 0.563. The molecule has 0 radical (unpaired) electrons. The van der Waals surface area contributed by atoms with Crippen LogP contribution in [0.1, 0.15) is 33.3 Å². The number of carbonyl (C=O) groups excluding carboxylic acids is 1. The molecule has 0 fully saturated rings. The monoisotopic (exact) mass is 374 g/mol. The molecule has 0 saturated carbocycles. The molecule has 0 saturated heterocycles. The molecule has 1 aromatic carbocycles. The Morgan fingerprint density at radius 2 is 1.89 bits per heavy atom. The van der Waals surface area contributed by atoms with Crippen molar-refractivity contribution in [3.8, 4) is 11.4 Å². The number of nitrogens with zero attached hydrogens (tertiary/aromatic N) is 3. The van der Waals surface area contributed by atoms with Crippen LogP contribution in [0.15, 0.2) is 63.8 Å². The zero-order valence-corrected chi connectivity index (χ0v) is 15.5. The summed E-state index contributed by atoms with van der Waals surface area (Å²) in [5.74, 6) is 2.04. The van der Waals surface area contributed by atoms with E-state index in [0.29, 0.717) is 40.9 Å². The summed E-state index contributed by atoms with van der Waals surface area (Å²) < 4.78 is 10.8. The minimum absolute atomic E-state index is 0.218. The standard InChI is InChI=1S/C21H18N4O3/c1-13-11-17(14(2)27-13)21(26)23-18-6-4-3-5-16(18)12-19-24-20(25-28-19)15-7-9-22-10-8-15/h3-11H,12H2,1-2H3,(H,23,26). The number of aryl methyl sites for hydroxylation is 2. The zero-order valence-electron chi connectivity index (χ0n) is 15.5. The van der Waals surface area contributed by atoms with E-state index in [4.69, 9.17) is 8.94 Å². The Kier molecular flexibility index (Phi) is 4.72. The van der Waals surface area contributed by atoms with Gasteiger partial charge in [-0.15, -0.1) is 0 Å². The molecular formula is C21H18N4O3. The molecule has 1 amide bonds. The highest BCUT2D eigenvalue weighted by atomic mass is 16.5. The number of amides is 1. The van der Waals surface area contributed by atoms with Crippen molar-refractivity contribution in [1.82, 2.24) is 15.1 Å². The van der Waals surface area contributed by atoms with Crippen LogP contribution in [-0.2, 0) is 6.42 Å². The molecular weight excluding hydrogens is 356 g/mol. The number of pyridine rings is 1. The van der Waals surface area contributed by atoms with Gasteiger partial charge in [-0.25, -0.2) is 0 Å². The number of rotatable bonds is 5. The number of anilines is 1. The normalized spacial score (nSPS) is 10.8. The second-order valence-corrected chi connectivity index (χ2v) is 6.36. The average Bonchev–Trinajstić information content (AvgIpc) is 3.30. The van der Waals surface area contributed by atoms with Crippen molar-refractivity contribution < 1.29 is 13.7 Å². The van der Waals surface area contributed by atoms with Gasteiger partial charge in [0.1, 0.15) is 11.5 Å². The maximum atomic E-state index is 12.6. The number of para-hydroxylation sites is 1. The Morgan fingerprint density at radius 1 is 1.11 bits per heavy atom. The number of aromatic nitrogens is 3. The van der Waals surface area contributed by atoms with Gasteiger partial charge in [0.15, 0.2) is 0 Å². The number of carbonyl (C=O) groups is 1. The Bertz CT molecular complexity index is 1120. The molecule has 3 aromatic heterocycles. The molecule has 0 aliphatic heterocycles. The van der Waals surface area contributed by atoms with Gasteiger partial charge in [-0.05, 0) is 43.7 Å². The smallest absolute Gasteiger partial charge is 0.259 e. The van der Waals surface area contributed by atoms with Crippen molar-refractivity contribution in [2.45, 2.75) is 20.3 Å². The maximum Gasteiger partial charge on any atom is 0.259 e. The van der Waals surface area contributed by atoms with Gasteiger partial charge in [-0.2, -0.15) is 4.98 Å². The molecule has 1 N–H and O–H groups in total. The number of benzene rings is 1. The van der Waals surface area contributed by atoms with E-state index in [1.165, 1.54) is 0 Å². The SMILES string of the molecule is Cc1cc(C(=O)Nc2ccccc2Cc2nc(-c3ccncc3)no2)c(C)o1. The first-order valence-corrected chi connectivity index (χ1v) is 8.79. The minimum atomic E-state index is -0.218. The second-order valence-electron chi connectivity index (χ2n) is 6.36. The second kappa shape index (κ2) is 7.48. The first kappa shape index (κ1) is 17.7. The van der Waals surface area contributed by atoms with E-state index >= 15 is 0 Å². The van der Waals surface area contributed by atoms with Gasteiger partial charge in [-0.1, -0.05) is 23.4 Å². The molecule has 4 aromatic rings. The van der Waals surface area contributed by atoms with Gasteiger partial charge < -0.3 is 14.3 Å². The van der Waals surface area contributed by atoms with E-state index < -0.39 is 0 Å². The molecule has 0 aliphatic carbocycles. The Balaban J connectivity index is 1.54. The van der Waals surface area contributed by atoms with Crippen LogP contribution < -0.4 is 5.32 Å². The molecule has 0 spiro atoms. The van der Waals surface area contributed by atoms with Crippen molar-refractivity contribution in [1.29, 1.82) is 0 Å². The van der Waals surface area contributed by atoms with Crippen molar-refractivity contribution >= 4 is 11.6 Å². The summed E-state index contributed by atoms with van der Waals surface area (Å²) in [7, 11) is 0. The lowest BCUT2D eigenvalue weighted by Crippen LogP contribution is -2.13. The fourth-order valence-electron chi connectivity index (χ4n) is 2.95. The molecule has 0 aliphatic rings. The summed E-state index contributed by atoms with van der Waals surface area (Å²) in [5, 5.41) is 6.96. The topological polar surface area (TPSA) is 94.1 Å². The maximum absolute atomic E-state index is 12.6. The molecule has 0 bridgehead atoms. The summed E-state index contributed by atoms with van der Waals surface area (Å²) in [5.41, 5.74) is 2.91. The summed E-state index contributed by atoms with van der Waals surface area (Å²) >= 11 is 0. The van der Waals surface area contributed by atoms with Crippen LogP contribution in [-0.4, -0.2) is 21.0 Å². The fourth-order valence-corrected chi connectivity index (χ4v) is 2.95. The number of hydrogen-bond acceptors (Lipinski definition) is 6. The van der Waals surface area contributed by atoms with E-state index in [2.05, 4.69) is 20.4 Å². The minimum Gasteiger partial charge on any atom is -0.466 e. The van der Waals surface area contributed by atoms with Crippen LogP contribution in [0.5, 0.6) is 0 Å². The molecule has 3 heterocycles. The van der Waals surface area contributed by atoms with Crippen LogP contribution in [0.3, 0.4) is 0 Å². The van der Waals surface area contributed by atoms with E-state index in [1.54, 1.807) is 25.4 Å². The number of furan rings is 1. The Hall–Kier alpha value is -3.74. The van der Waals surface area contributed by atoms with Crippen LogP contribution >= 0.6 is 0 Å². The molecule has 7 nitrogen and oxygen atoms in total. The third-order valence-corrected chi connectivity index (χ3v) is 4.30. The van der Waals surface area contributed by atoms with E-state index in [9.17, 15) is 4.79 Å². The largest absolute Gasteiger partial charge is 0.466 e. The van der Waals surface area contributed by atoms with Crippen molar-refractivity contribution in [3.63, 3.8) is 0 Å². The van der Waals surface area contributed by atoms with Gasteiger partial charge in [0, 0.05) is 23.6 Å². The van der Waals surface area contributed by atoms with Crippen molar-refractivity contribution in [2.75, 3.05) is 5.32 Å². The van der Waals surface area contributed by atoms with Gasteiger partial charge in [0.2, 0.25) is 11.7 Å². The van der Waals surface area contributed by atoms with Gasteiger partial charge >= 0.3 is 0 Å². The molecule has 0 unspecified atom stereocenters. The van der Waals surface area contributed by atoms with Crippen LogP contribution in [0.4, 0.5) is 5.69 Å². The third-order valence-electron chi connectivity index (χ3n) is 4.30. The van der Waals surface area contributed by atoms with Gasteiger partial charge in [0.05, 0.1) is 12.0 Å².